The maximum atomic E-state index is 13.2. The number of hydrogen-bond donors (Lipinski definition) is 1. The quantitative estimate of drug-likeness (QED) is 0.585. The highest BCUT2D eigenvalue weighted by Gasteiger charge is 2.37. The summed E-state index contributed by atoms with van der Waals surface area (Å²) in [5.41, 5.74) is 2.61. The van der Waals surface area contributed by atoms with Crippen LogP contribution in [0.25, 0.3) is 21.8 Å². The summed E-state index contributed by atoms with van der Waals surface area (Å²) in [4.78, 5) is 36.0. The van der Waals surface area contributed by atoms with E-state index in [-0.39, 0.29) is 17.5 Å². The fourth-order valence-electron chi connectivity index (χ4n) is 4.17. The molecule has 0 aliphatic carbocycles. The Morgan fingerprint density at radius 1 is 0.964 bits per heavy atom. The second-order valence-electron chi connectivity index (χ2n) is 7.34. The van der Waals surface area contributed by atoms with Gasteiger partial charge in [0.05, 0.1) is 16.9 Å². The van der Waals surface area contributed by atoms with E-state index in [1.54, 1.807) is 17.6 Å². The van der Waals surface area contributed by atoms with Gasteiger partial charge in [-0.15, -0.1) is 0 Å². The number of nitrogens with one attached hydrogen (secondary N) is 1. The third-order valence-electron chi connectivity index (χ3n) is 5.72. The largest absolute Gasteiger partial charge is 0.361 e. The number of fused-ring (bicyclic) bond motifs is 3. The van der Waals surface area contributed by atoms with Crippen molar-refractivity contribution >= 4 is 27.7 Å². The van der Waals surface area contributed by atoms with Gasteiger partial charge in [0.2, 0.25) is 5.91 Å². The van der Waals surface area contributed by atoms with Crippen LogP contribution in [-0.2, 0) is 11.3 Å². The molecule has 140 valence electrons. The molecule has 0 unspecified atom stereocenters. The summed E-state index contributed by atoms with van der Waals surface area (Å²) >= 11 is 0. The first-order valence-electron chi connectivity index (χ1n) is 9.43. The first kappa shape index (κ1) is 16.7. The molecule has 28 heavy (non-hydrogen) atoms. The van der Waals surface area contributed by atoms with Crippen LogP contribution < -0.4 is 5.56 Å². The molecule has 0 radical (unpaired) electrons. The maximum absolute atomic E-state index is 13.2. The molecule has 6 nitrogen and oxygen atoms in total. The number of benzene rings is 2. The van der Waals surface area contributed by atoms with Crippen molar-refractivity contribution in [1.82, 2.24) is 19.4 Å². The van der Waals surface area contributed by atoms with Gasteiger partial charge >= 0.3 is 0 Å². The number of aromatic amines is 1. The Bertz CT molecular complexity index is 1290. The Balaban J connectivity index is 1.63. The number of rotatable bonds is 2. The molecule has 0 saturated heterocycles. The Kier molecular flexibility index (Phi) is 3.62. The van der Waals surface area contributed by atoms with Gasteiger partial charge in [-0.1, -0.05) is 30.3 Å². The van der Waals surface area contributed by atoms with E-state index < -0.39 is 6.04 Å². The van der Waals surface area contributed by atoms with Crippen LogP contribution in [0, 0.1) is 0 Å². The molecule has 0 fully saturated rings. The Morgan fingerprint density at radius 3 is 2.50 bits per heavy atom. The van der Waals surface area contributed by atoms with E-state index in [4.69, 9.17) is 4.98 Å². The number of hydrogen-bond acceptors (Lipinski definition) is 3. The summed E-state index contributed by atoms with van der Waals surface area (Å²) in [6.45, 7) is 4.18. The molecule has 0 bridgehead atoms. The van der Waals surface area contributed by atoms with Gasteiger partial charge in [-0.05, 0) is 37.6 Å². The molecular weight excluding hydrogens is 352 g/mol. The van der Waals surface area contributed by atoms with Gasteiger partial charge in [0, 0.05) is 23.6 Å². The van der Waals surface area contributed by atoms with Gasteiger partial charge in [0.1, 0.15) is 11.9 Å². The van der Waals surface area contributed by atoms with Gasteiger partial charge < -0.3 is 9.88 Å². The Hall–Kier alpha value is -3.41. The molecule has 6 heteroatoms. The van der Waals surface area contributed by atoms with Crippen molar-refractivity contribution in [2.24, 2.45) is 0 Å². The topological polar surface area (TPSA) is 71.0 Å². The van der Waals surface area contributed by atoms with E-state index in [1.807, 2.05) is 60.5 Å². The smallest absolute Gasteiger partial charge is 0.262 e. The lowest BCUT2D eigenvalue weighted by Gasteiger charge is -2.38. The Labute approximate surface area is 161 Å². The summed E-state index contributed by atoms with van der Waals surface area (Å²) in [5.74, 6) is 0.570. The van der Waals surface area contributed by atoms with Crippen molar-refractivity contribution in [2.45, 2.75) is 32.5 Å². The number of carbonyl (C=O) groups is 1. The number of nitrogens with zero attached hydrogens (tertiary/aromatic N) is 3. The molecular formula is C22H20N4O2. The highest BCUT2D eigenvalue weighted by molar-refractivity contribution is 5.86. The molecule has 2 aromatic carbocycles. The molecule has 0 saturated carbocycles. The minimum absolute atomic E-state index is 0.0653. The number of amides is 1. The third-order valence-corrected chi connectivity index (χ3v) is 5.72. The molecule has 2 atom stereocenters. The highest BCUT2D eigenvalue weighted by atomic mass is 16.2. The number of H-pyrrole nitrogens is 1. The van der Waals surface area contributed by atoms with Crippen molar-refractivity contribution in [3.8, 4) is 0 Å². The average Bonchev–Trinajstić information content (AvgIpc) is 3.12. The highest BCUT2D eigenvalue weighted by Crippen LogP contribution is 2.32. The van der Waals surface area contributed by atoms with Crippen LogP contribution in [0.2, 0.25) is 0 Å². The summed E-state index contributed by atoms with van der Waals surface area (Å²) < 4.78 is 1.56. The Morgan fingerprint density at radius 2 is 1.68 bits per heavy atom. The monoisotopic (exact) mass is 372 g/mol. The molecule has 0 spiro atoms. The maximum Gasteiger partial charge on any atom is 0.262 e. The van der Waals surface area contributed by atoms with E-state index in [2.05, 4.69) is 4.98 Å². The lowest BCUT2D eigenvalue weighted by molar-refractivity contribution is -0.140. The van der Waals surface area contributed by atoms with Crippen molar-refractivity contribution < 1.29 is 4.79 Å². The third kappa shape index (κ3) is 2.30. The fraction of sp³-hybridized carbons (Fsp3) is 0.227. The normalized spacial score (nSPS) is 19.4. The number of carbonyl (C=O) groups excluding carboxylic acids is 1. The molecule has 1 amide bonds. The first-order valence-corrected chi connectivity index (χ1v) is 9.43. The second kappa shape index (κ2) is 6.05. The molecule has 2 aromatic heterocycles. The summed E-state index contributed by atoms with van der Waals surface area (Å²) in [7, 11) is 0. The van der Waals surface area contributed by atoms with Crippen LogP contribution in [0.4, 0.5) is 0 Å². The van der Waals surface area contributed by atoms with Crippen LogP contribution in [0.5, 0.6) is 0 Å². The van der Waals surface area contributed by atoms with E-state index in [1.165, 1.54) is 0 Å². The van der Waals surface area contributed by atoms with Crippen LogP contribution in [-0.4, -0.2) is 25.3 Å². The summed E-state index contributed by atoms with van der Waals surface area (Å²) in [6.07, 6.45) is 1.95. The van der Waals surface area contributed by atoms with Crippen LogP contribution >= 0.6 is 0 Å². The summed E-state index contributed by atoms with van der Waals surface area (Å²) in [6, 6.07) is 14.5. The van der Waals surface area contributed by atoms with Crippen molar-refractivity contribution in [3.63, 3.8) is 0 Å². The van der Waals surface area contributed by atoms with Crippen molar-refractivity contribution in [1.29, 1.82) is 0 Å². The van der Waals surface area contributed by atoms with E-state index in [0.717, 1.165) is 16.5 Å². The number of para-hydroxylation sites is 2. The molecule has 1 aliphatic heterocycles. The minimum atomic E-state index is -0.582. The molecule has 1 aliphatic rings. The summed E-state index contributed by atoms with van der Waals surface area (Å²) in [5, 5.41) is 1.65. The zero-order valence-corrected chi connectivity index (χ0v) is 15.7. The average molecular weight is 372 g/mol. The first-order chi connectivity index (χ1) is 13.6. The van der Waals surface area contributed by atoms with Gasteiger partial charge in [-0.3, -0.25) is 14.2 Å². The van der Waals surface area contributed by atoms with Gasteiger partial charge in [-0.25, -0.2) is 4.98 Å². The molecule has 4 aromatic rings. The fourth-order valence-corrected chi connectivity index (χ4v) is 4.17. The van der Waals surface area contributed by atoms with Crippen molar-refractivity contribution in [3.05, 3.63) is 76.5 Å². The van der Waals surface area contributed by atoms with Crippen molar-refractivity contribution in [2.75, 3.05) is 0 Å². The van der Waals surface area contributed by atoms with E-state index in [0.29, 0.717) is 23.3 Å². The molecule has 3 heterocycles. The lowest BCUT2D eigenvalue weighted by atomic mass is 10.1. The second-order valence-corrected chi connectivity index (χ2v) is 7.34. The standard InChI is InChI=1S/C22H20N4O2/c1-13-20-24-19-10-6-4-8-17(19)22(28)26(20)14(2)21(27)25(13)12-15-11-23-18-9-5-3-7-16(15)18/h3-11,13-14,23H,12H2,1-2H3/t13-,14-/m0/s1. The predicted octanol–water partition coefficient (Wildman–Crippen LogP) is 3.54. The van der Waals surface area contributed by atoms with Gasteiger partial charge in [-0.2, -0.15) is 0 Å². The van der Waals surface area contributed by atoms with Gasteiger partial charge in [0.15, 0.2) is 0 Å². The van der Waals surface area contributed by atoms with Crippen LogP contribution in [0.15, 0.2) is 59.5 Å². The van der Waals surface area contributed by atoms with E-state index >= 15 is 0 Å². The van der Waals surface area contributed by atoms with Crippen LogP contribution in [0.3, 0.4) is 0 Å². The van der Waals surface area contributed by atoms with E-state index in [9.17, 15) is 9.59 Å². The molecule has 1 N–H and O–H groups in total. The number of aromatic nitrogens is 3. The zero-order chi connectivity index (χ0) is 19.4. The zero-order valence-electron chi connectivity index (χ0n) is 15.7. The van der Waals surface area contributed by atoms with Crippen LogP contribution in [0.1, 0.15) is 37.3 Å². The minimum Gasteiger partial charge on any atom is -0.361 e. The van der Waals surface area contributed by atoms with Gasteiger partial charge in [0.25, 0.3) is 5.56 Å². The predicted molar refractivity (Wildman–Crippen MR) is 108 cm³/mol. The lowest BCUT2D eigenvalue weighted by Crippen LogP contribution is -2.48. The molecule has 5 rings (SSSR count). The SMILES string of the molecule is C[C@H]1c2nc3ccccc3c(=O)n2[C@@H](C)C(=O)N1Cc1c[nH]c2ccccc12.